The maximum Gasteiger partial charge on any atom is 0.336 e. The Bertz CT molecular complexity index is 888. The van der Waals surface area contributed by atoms with E-state index < -0.39 is 52.8 Å². The first-order valence-corrected chi connectivity index (χ1v) is 9.04. The smallest absolute Gasteiger partial charge is 0.336 e. The second-order valence-electron chi connectivity index (χ2n) is 8.74. The van der Waals surface area contributed by atoms with E-state index in [2.05, 4.69) is 0 Å². The van der Waals surface area contributed by atoms with E-state index in [1.54, 1.807) is 6.92 Å². The average Bonchev–Trinajstić information content (AvgIpc) is 3.33. The lowest BCUT2D eigenvalue weighted by Crippen LogP contribution is -2.62. The molecule has 0 radical (unpaired) electrons. The number of ether oxygens (including phenoxy) is 2. The molecular weight excluding hydrogens is 340 g/mol. The largest absolute Gasteiger partial charge is 0.458 e. The SMILES string of the molecule is CC(C)c1oc(=O)cc2c1[C@@H](O)[C@H]1OC(=O)[C@@]3(C)[C@H](O)[C@H]4O[C@H]4[C@@]2(C)[C@@H]13. The van der Waals surface area contributed by atoms with Crippen molar-refractivity contribution in [3.8, 4) is 0 Å². The van der Waals surface area contributed by atoms with Gasteiger partial charge in [0.15, 0.2) is 0 Å². The third-order valence-electron chi connectivity index (χ3n) is 7.09. The predicted octanol–water partition coefficient (Wildman–Crippen LogP) is 0.758. The Hall–Kier alpha value is -1.70. The molecule has 7 heteroatoms. The number of hydrogen-bond donors (Lipinski definition) is 2. The highest BCUT2D eigenvalue weighted by Crippen LogP contribution is 2.68. The molecule has 3 heterocycles. The molecule has 2 N–H and O–H groups in total. The molecular formula is C19H22O7. The monoisotopic (exact) mass is 362 g/mol. The lowest BCUT2D eigenvalue weighted by atomic mass is 9.48. The fourth-order valence-corrected chi connectivity index (χ4v) is 5.85. The van der Waals surface area contributed by atoms with Crippen LogP contribution in [0.15, 0.2) is 15.3 Å². The Kier molecular flexibility index (Phi) is 2.90. The Balaban J connectivity index is 1.85. The number of carbonyl (C=O) groups is 1. The first-order chi connectivity index (χ1) is 12.1. The maximum atomic E-state index is 12.7. The van der Waals surface area contributed by atoms with Crippen LogP contribution in [0.25, 0.3) is 0 Å². The normalized spacial score (nSPS) is 47.9. The molecule has 4 aliphatic rings. The van der Waals surface area contributed by atoms with Crippen molar-refractivity contribution in [3.63, 3.8) is 0 Å². The molecule has 7 nitrogen and oxygen atoms in total. The molecule has 0 amide bonds. The van der Waals surface area contributed by atoms with Gasteiger partial charge in [-0.2, -0.15) is 0 Å². The zero-order chi connectivity index (χ0) is 18.8. The van der Waals surface area contributed by atoms with Crippen LogP contribution < -0.4 is 5.63 Å². The van der Waals surface area contributed by atoms with Crippen molar-refractivity contribution in [1.82, 2.24) is 0 Å². The fraction of sp³-hybridized carbons (Fsp3) is 0.684. The van der Waals surface area contributed by atoms with Gasteiger partial charge in [0.2, 0.25) is 0 Å². The van der Waals surface area contributed by atoms with Crippen molar-refractivity contribution < 1.29 is 28.9 Å². The van der Waals surface area contributed by atoms with Gasteiger partial charge in [-0.3, -0.25) is 4.79 Å². The first-order valence-electron chi connectivity index (χ1n) is 9.04. The van der Waals surface area contributed by atoms with Gasteiger partial charge in [-0.15, -0.1) is 0 Å². The molecule has 0 bridgehead atoms. The van der Waals surface area contributed by atoms with E-state index >= 15 is 0 Å². The van der Waals surface area contributed by atoms with Gasteiger partial charge >= 0.3 is 11.6 Å². The summed E-state index contributed by atoms with van der Waals surface area (Å²) in [6.45, 7) is 7.38. The predicted molar refractivity (Wildman–Crippen MR) is 87.5 cm³/mol. The zero-order valence-corrected chi connectivity index (χ0v) is 15.1. The van der Waals surface area contributed by atoms with Crippen molar-refractivity contribution in [2.75, 3.05) is 0 Å². The first kappa shape index (κ1) is 16.5. The molecule has 0 unspecified atom stereocenters. The van der Waals surface area contributed by atoms with Crippen molar-refractivity contribution in [1.29, 1.82) is 0 Å². The number of epoxide rings is 1. The summed E-state index contributed by atoms with van der Waals surface area (Å²) in [6.07, 6.45) is -3.74. The van der Waals surface area contributed by atoms with Gasteiger partial charge in [0.25, 0.3) is 0 Å². The van der Waals surface area contributed by atoms with Crippen LogP contribution in [0, 0.1) is 11.3 Å². The zero-order valence-electron chi connectivity index (χ0n) is 15.1. The summed E-state index contributed by atoms with van der Waals surface area (Å²) in [4.78, 5) is 25.0. The fourth-order valence-electron chi connectivity index (χ4n) is 5.85. The average molecular weight is 362 g/mol. The minimum Gasteiger partial charge on any atom is -0.458 e. The third-order valence-corrected chi connectivity index (χ3v) is 7.09. The number of hydrogen-bond acceptors (Lipinski definition) is 7. The Morgan fingerprint density at radius 3 is 2.46 bits per heavy atom. The summed E-state index contributed by atoms with van der Waals surface area (Å²) in [5, 5.41) is 21.8. The van der Waals surface area contributed by atoms with Gasteiger partial charge in [-0.05, 0) is 12.5 Å². The van der Waals surface area contributed by atoms with E-state index in [1.165, 1.54) is 6.07 Å². The number of aliphatic hydroxyl groups is 2. The molecule has 0 spiro atoms. The second kappa shape index (κ2) is 4.58. The molecule has 1 saturated carbocycles. The van der Waals surface area contributed by atoms with Crippen LogP contribution in [0.3, 0.4) is 0 Å². The molecule has 8 atom stereocenters. The molecule has 5 rings (SSSR count). The summed E-state index contributed by atoms with van der Waals surface area (Å²) < 4.78 is 16.8. The van der Waals surface area contributed by atoms with Gasteiger partial charge in [-0.25, -0.2) is 4.79 Å². The van der Waals surface area contributed by atoms with Crippen molar-refractivity contribution in [3.05, 3.63) is 33.4 Å². The Morgan fingerprint density at radius 1 is 1.12 bits per heavy atom. The van der Waals surface area contributed by atoms with E-state index in [9.17, 15) is 19.8 Å². The standard InChI is InChI=1S/C19H22O7/c1-6(2)11-9-7(5-8(20)24-11)18(3)14-12(10(9)21)26-17(23)19(14,4)15(22)13-16(18)25-13/h5-6,10,12-16,21-22H,1-4H3/t10-,12-,13-,14-,15-,16-,18-,19-/m1/s1. The molecule has 2 aliphatic carbocycles. The highest BCUT2D eigenvalue weighted by molar-refractivity contribution is 5.82. The summed E-state index contributed by atoms with van der Waals surface area (Å²) >= 11 is 0. The lowest BCUT2D eigenvalue weighted by molar-refractivity contribution is -0.156. The second-order valence-corrected chi connectivity index (χ2v) is 8.74. The van der Waals surface area contributed by atoms with E-state index in [0.717, 1.165) is 0 Å². The molecule has 0 aromatic carbocycles. The van der Waals surface area contributed by atoms with E-state index in [0.29, 0.717) is 16.9 Å². The van der Waals surface area contributed by atoms with Crippen molar-refractivity contribution in [2.45, 2.75) is 69.5 Å². The van der Waals surface area contributed by atoms with Crippen LogP contribution in [0.2, 0.25) is 0 Å². The molecule has 1 aromatic heterocycles. The van der Waals surface area contributed by atoms with Crippen molar-refractivity contribution in [2.24, 2.45) is 11.3 Å². The molecule has 1 aromatic rings. The van der Waals surface area contributed by atoms with Crippen LogP contribution in [-0.2, 0) is 19.7 Å². The molecule has 140 valence electrons. The third kappa shape index (κ3) is 1.57. The van der Waals surface area contributed by atoms with Crippen LogP contribution in [-0.4, -0.2) is 40.6 Å². The maximum absolute atomic E-state index is 12.7. The molecule has 26 heavy (non-hydrogen) atoms. The lowest BCUT2D eigenvalue weighted by Gasteiger charge is -2.51. The van der Waals surface area contributed by atoms with Crippen LogP contribution >= 0.6 is 0 Å². The number of rotatable bonds is 1. The van der Waals surface area contributed by atoms with Crippen LogP contribution in [0.4, 0.5) is 0 Å². The molecule has 2 saturated heterocycles. The van der Waals surface area contributed by atoms with Crippen LogP contribution in [0.1, 0.15) is 56.6 Å². The van der Waals surface area contributed by atoms with Gasteiger partial charge in [-0.1, -0.05) is 20.8 Å². The van der Waals surface area contributed by atoms with Gasteiger partial charge in [0.1, 0.15) is 29.5 Å². The summed E-state index contributed by atoms with van der Waals surface area (Å²) in [7, 11) is 0. The van der Waals surface area contributed by atoms with E-state index in [-0.39, 0.29) is 12.0 Å². The Labute approximate surface area is 149 Å². The number of fused-ring (bicyclic) bond motifs is 4. The van der Waals surface area contributed by atoms with E-state index in [4.69, 9.17) is 13.9 Å². The quantitative estimate of drug-likeness (QED) is 0.560. The summed E-state index contributed by atoms with van der Waals surface area (Å²) in [5.41, 5.74) is -1.25. The molecule has 3 fully saturated rings. The van der Waals surface area contributed by atoms with Gasteiger partial charge in [0.05, 0.1) is 12.2 Å². The number of esters is 1. The van der Waals surface area contributed by atoms with E-state index in [1.807, 2.05) is 20.8 Å². The minimum absolute atomic E-state index is 0.124. The minimum atomic E-state index is -1.19. The summed E-state index contributed by atoms with van der Waals surface area (Å²) in [6, 6.07) is 1.40. The summed E-state index contributed by atoms with van der Waals surface area (Å²) in [5.74, 6) is -0.739. The number of carbonyl (C=O) groups excluding carboxylic acids is 1. The Morgan fingerprint density at radius 2 is 1.81 bits per heavy atom. The van der Waals surface area contributed by atoms with Gasteiger partial charge < -0.3 is 24.1 Å². The van der Waals surface area contributed by atoms with Crippen molar-refractivity contribution >= 4 is 5.97 Å². The molecule has 2 aliphatic heterocycles. The topological polar surface area (TPSA) is 110 Å². The number of aliphatic hydroxyl groups excluding tert-OH is 2. The van der Waals surface area contributed by atoms with Gasteiger partial charge in [0, 0.05) is 28.9 Å². The highest BCUT2D eigenvalue weighted by atomic mass is 16.6. The van der Waals surface area contributed by atoms with Crippen LogP contribution in [0.5, 0.6) is 0 Å². The highest BCUT2D eigenvalue weighted by Gasteiger charge is 2.79.